The van der Waals surface area contributed by atoms with Crippen molar-refractivity contribution in [3.8, 4) is 0 Å². The molecule has 1 atom stereocenters. The zero-order valence-electron chi connectivity index (χ0n) is 19.2. The summed E-state index contributed by atoms with van der Waals surface area (Å²) in [5, 5.41) is 5.34. The lowest BCUT2D eigenvalue weighted by atomic mass is 10.0. The third kappa shape index (κ3) is 6.26. The highest BCUT2D eigenvalue weighted by atomic mass is 19.1. The summed E-state index contributed by atoms with van der Waals surface area (Å²) in [5.41, 5.74) is 1.18. The molecule has 0 unspecified atom stereocenters. The molecule has 9 heteroatoms. The molecule has 2 aromatic heterocycles. The van der Waals surface area contributed by atoms with E-state index in [4.69, 9.17) is 8.83 Å². The van der Waals surface area contributed by atoms with Crippen LogP contribution in [0.1, 0.15) is 33.5 Å². The molecular weight excluding hydrogens is 465 g/mol. The number of hydrogen-bond donors (Lipinski definition) is 2. The third-order valence-corrected chi connectivity index (χ3v) is 5.42. The molecule has 4 rings (SSSR count). The number of carbonyl (C=O) groups is 3. The normalized spacial score (nSPS) is 11.5. The average Bonchev–Trinajstić information content (AvgIpc) is 3.62. The Balaban J connectivity index is 1.61. The van der Waals surface area contributed by atoms with Crippen LogP contribution in [0.3, 0.4) is 0 Å². The van der Waals surface area contributed by atoms with E-state index in [9.17, 15) is 18.8 Å². The van der Waals surface area contributed by atoms with E-state index >= 15 is 0 Å². The molecule has 2 aromatic carbocycles. The Morgan fingerprint density at radius 2 is 1.56 bits per heavy atom. The maximum atomic E-state index is 13.5. The molecule has 0 aliphatic carbocycles. The van der Waals surface area contributed by atoms with Gasteiger partial charge >= 0.3 is 0 Å². The number of hydrogen-bond acceptors (Lipinski definition) is 5. The molecule has 8 nitrogen and oxygen atoms in total. The molecule has 4 aromatic rings. The Bertz CT molecular complexity index is 1270. The zero-order valence-corrected chi connectivity index (χ0v) is 19.2. The van der Waals surface area contributed by atoms with Crippen LogP contribution in [0.4, 0.5) is 4.39 Å². The molecule has 0 aliphatic heterocycles. The van der Waals surface area contributed by atoms with Gasteiger partial charge in [-0.2, -0.15) is 0 Å². The van der Waals surface area contributed by atoms with Gasteiger partial charge < -0.3 is 24.4 Å². The molecule has 3 amide bonds. The molecule has 2 heterocycles. The summed E-state index contributed by atoms with van der Waals surface area (Å²) in [4.78, 5) is 40.6. The first kappa shape index (κ1) is 24.5. The molecule has 0 aliphatic rings. The molecule has 0 spiro atoms. The second kappa shape index (κ2) is 11.7. The highest BCUT2D eigenvalue weighted by Crippen LogP contribution is 2.24. The molecule has 2 N–H and O–H groups in total. The van der Waals surface area contributed by atoms with Crippen LogP contribution in [0.5, 0.6) is 0 Å². The Morgan fingerprint density at radius 1 is 0.833 bits per heavy atom. The minimum Gasteiger partial charge on any atom is -0.467 e. The van der Waals surface area contributed by atoms with Crippen molar-refractivity contribution in [2.45, 2.75) is 19.1 Å². The van der Waals surface area contributed by atoms with Crippen molar-refractivity contribution < 1.29 is 27.6 Å². The van der Waals surface area contributed by atoms with E-state index in [1.54, 1.807) is 60.7 Å². The second-order valence-corrected chi connectivity index (χ2v) is 7.92. The summed E-state index contributed by atoms with van der Waals surface area (Å²) in [6, 6.07) is 19.9. The fraction of sp³-hybridized carbons (Fsp3) is 0.148. The van der Waals surface area contributed by atoms with Gasteiger partial charge in [-0.25, -0.2) is 4.39 Å². The number of amides is 3. The smallest absolute Gasteiger partial charge is 0.287 e. The summed E-state index contributed by atoms with van der Waals surface area (Å²) in [7, 11) is 0. The highest BCUT2D eigenvalue weighted by Gasteiger charge is 2.32. The van der Waals surface area contributed by atoms with Crippen LogP contribution in [-0.4, -0.2) is 29.2 Å². The van der Waals surface area contributed by atoms with Crippen LogP contribution in [0.2, 0.25) is 0 Å². The molecule has 0 saturated carbocycles. The van der Waals surface area contributed by atoms with E-state index in [1.807, 2.05) is 0 Å². The quantitative estimate of drug-likeness (QED) is 0.352. The maximum Gasteiger partial charge on any atom is 0.287 e. The predicted octanol–water partition coefficient (Wildman–Crippen LogP) is 3.83. The van der Waals surface area contributed by atoms with Crippen LogP contribution in [0.25, 0.3) is 0 Å². The summed E-state index contributed by atoms with van der Waals surface area (Å²) in [5.74, 6) is -1.32. The van der Waals surface area contributed by atoms with Gasteiger partial charge in [-0.3, -0.25) is 14.4 Å². The molecule has 184 valence electrons. The van der Waals surface area contributed by atoms with E-state index in [1.165, 1.54) is 35.6 Å². The van der Waals surface area contributed by atoms with E-state index < -0.39 is 29.6 Å². The van der Waals surface area contributed by atoms with Gasteiger partial charge in [-0.1, -0.05) is 42.5 Å². The first-order valence-corrected chi connectivity index (χ1v) is 11.2. The largest absolute Gasteiger partial charge is 0.467 e. The van der Waals surface area contributed by atoms with Crippen molar-refractivity contribution in [3.05, 3.63) is 120 Å². The van der Waals surface area contributed by atoms with Gasteiger partial charge in [0.25, 0.3) is 5.91 Å². The number of nitrogens with one attached hydrogen (secondary N) is 2. The topological polar surface area (TPSA) is 105 Å². The third-order valence-electron chi connectivity index (χ3n) is 5.42. The van der Waals surface area contributed by atoms with Crippen molar-refractivity contribution in [3.63, 3.8) is 0 Å². The van der Waals surface area contributed by atoms with Crippen LogP contribution < -0.4 is 10.6 Å². The van der Waals surface area contributed by atoms with Gasteiger partial charge in [0.05, 0.1) is 25.6 Å². The minimum atomic E-state index is -1.03. The molecular formula is C27H24FN3O5. The van der Waals surface area contributed by atoms with E-state index in [0.717, 1.165) is 0 Å². The predicted molar refractivity (Wildman–Crippen MR) is 128 cm³/mol. The zero-order chi connectivity index (χ0) is 25.3. The van der Waals surface area contributed by atoms with Crippen LogP contribution >= 0.6 is 0 Å². The van der Waals surface area contributed by atoms with Crippen LogP contribution in [0, 0.1) is 5.82 Å². The number of carbonyl (C=O) groups excluding carboxylic acids is 3. The fourth-order valence-corrected chi connectivity index (χ4v) is 3.65. The van der Waals surface area contributed by atoms with Crippen molar-refractivity contribution in [1.29, 1.82) is 0 Å². The highest BCUT2D eigenvalue weighted by molar-refractivity contribution is 5.95. The monoisotopic (exact) mass is 489 g/mol. The number of benzene rings is 2. The van der Waals surface area contributed by atoms with E-state index in [-0.39, 0.29) is 25.4 Å². The Hall–Kier alpha value is -4.66. The van der Waals surface area contributed by atoms with Gasteiger partial charge in [0.2, 0.25) is 11.8 Å². The Labute approximate surface area is 206 Å². The van der Waals surface area contributed by atoms with Gasteiger partial charge in [0, 0.05) is 6.54 Å². The van der Waals surface area contributed by atoms with Gasteiger partial charge in [0.15, 0.2) is 5.76 Å². The lowest BCUT2D eigenvalue weighted by Gasteiger charge is -2.31. The summed E-state index contributed by atoms with van der Waals surface area (Å²) >= 11 is 0. The lowest BCUT2D eigenvalue weighted by Crippen LogP contribution is -2.46. The van der Waals surface area contributed by atoms with Crippen molar-refractivity contribution >= 4 is 17.7 Å². The molecule has 0 bridgehead atoms. The average molecular weight is 490 g/mol. The molecule has 36 heavy (non-hydrogen) atoms. The summed E-state index contributed by atoms with van der Waals surface area (Å²) in [6.45, 7) is -0.248. The number of halogens is 1. The second-order valence-electron chi connectivity index (χ2n) is 7.92. The van der Waals surface area contributed by atoms with Crippen molar-refractivity contribution in [2.75, 3.05) is 6.54 Å². The van der Waals surface area contributed by atoms with Crippen LogP contribution in [-0.2, 0) is 22.7 Å². The Kier molecular flexibility index (Phi) is 7.92. The lowest BCUT2D eigenvalue weighted by molar-refractivity contribution is -0.141. The van der Waals surface area contributed by atoms with Crippen molar-refractivity contribution in [1.82, 2.24) is 15.5 Å². The van der Waals surface area contributed by atoms with Crippen molar-refractivity contribution in [2.24, 2.45) is 0 Å². The minimum absolute atomic E-state index is 0.00344. The fourth-order valence-electron chi connectivity index (χ4n) is 3.65. The summed E-state index contributed by atoms with van der Waals surface area (Å²) < 4.78 is 23.9. The number of rotatable bonds is 10. The SMILES string of the molecule is O=C(NCC(=O)N(Cc1ccc(F)cc1)[C@H](C(=O)NCc1ccco1)c1ccccc1)c1ccco1. The van der Waals surface area contributed by atoms with E-state index in [0.29, 0.717) is 16.9 Å². The molecule has 0 radical (unpaired) electrons. The summed E-state index contributed by atoms with van der Waals surface area (Å²) in [6.07, 6.45) is 2.86. The first-order valence-electron chi connectivity index (χ1n) is 11.2. The number of nitrogens with zero attached hydrogens (tertiary/aromatic N) is 1. The van der Waals surface area contributed by atoms with Crippen LogP contribution in [0.15, 0.2) is 100 Å². The standard InChI is InChI=1S/C27H24FN3O5/c28-21-12-10-19(11-13-21)18-31(24(32)17-30-26(33)23-9-5-15-36-23)25(20-6-2-1-3-7-20)27(34)29-16-22-8-4-14-35-22/h1-15,25H,16-18H2,(H,29,34)(H,30,33)/t25-/m0/s1. The van der Waals surface area contributed by atoms with E-state index in [2.05, 4.69) is 10.6 Å². The molecule has 0 fully saturated rings. The first-order chi connectivity index (χ1) is 17.5. The van der Waals surface area contributed by atoms with Gasteiger partial charge in [-0.05, 0) is 47.5 Å². The maximum absolute atomic E-state index is 13.5. The van der Waals surface area contributed by atoms with Gasteiger partial charge in [0.1, 0.15) is 17.6 Å². The molecule has 0 saturated heterocycles. The Morgan fingerprint density at radius 3 is 2.22 bits per heavy atom. The number of furan rings is 2. The van der Waals surface area contributed by atoms with Gasteiger partial charge in [-0.15, -0.1) is 0 Å².